The number of fused-ring (bicyclic) bond motifs is 1. The van der Waals surface area contributed by atoms with Gasteiger partial charge in [-0.2, -0.15) is 0 Å². The number of aliphatic hydroxyl groups is 1. The summed E-state index contributed by atoms with van der Waals surface area (Å²) in [5, 5.41) is 12.1. The number of nitrogens with zero attached hydrogens (tertiary/aromatic N) is 2. The minimum absolute atomic E-state index is 0.251. The second-order valence-corrected chi connectivity index (χ2v) is 6.97. The Morgan fingerprint density at radius 3 is 3.05 bits per heavy atom. The lowest BCUT2D eigenvalue weighted by atomic mass is 9.82. The quantitative estimate of drug-likeness (QED) is 0.884. The Morgan fingerprint density at radius 1 is 1.36 bits per heavy atom. The summed E-state index contributed by atoms with van der Waals surface area (Å²) in [7, 11) is 0. The van der Waals surface area contributed by atoms with Gasteiger partial charge in [-0.1, -0.05) is 24.3 Å². The fourth-order valence-electron chi connectivity index (χ4n) is 5.30. The van der Waals surface area contributed by atoms with E-state index in [1.807, 2.05) is 30.5 Å². The number of hydrogen-bond donors (Lipinski definition) is 1. The number of aromatic nitrogens is 1. The molecule has 5 rings (SSSR count). The van der Waals surface area contributed by atoms with E-state index in [2.05, 4.69) is 28.6 Å². The van der Waals surface area contributed by atoms with E-state index < -0.39 is 6.10 Å². The van der Waals surface area contributed by atoms with Crippen LogP contribution in [-0.2, 0) is 0 Å². The van der Waals surface area contributed by atoms with Crippen molar-refractivity contribution in [2.75, 3.05) is 6.54 Å². The lowest BCUT2D eigenvalue weighted by molar-refractivity contribution is -0.0656. The van der Waals surface area contributed by atoms with E-state index in [1.54, 1.807) is 0 Å². The molecule has 0 amide bonds. The topological polar surface area (TPSA) is 36.4 Å². The van der Waals surface area contributed by atoms with Gasteiger partial charge in [0.2, 0.25) is 0 Å². The molecule has 2 aromatic rings. The van der Waals surface area contributed by atoms with Crippen LogP contribution in [0.5, 0.6) is 0 Å². The average molecular weight is 292 g/mol. The van der Waals surface area contributed by atoms with Gasteiger partial charge < -0.3 is 5.11 Å². The molecule has 5 atom stereocenters. The number of hydrogen-bond acceptors (Lipinski definition) is 3. The third-order valence-electron chi connectivity index (χ3n) is 6.32. The maximum absolute atomic E-state index is 11.0. The normalized spacial score (nSPS) is 37.2. The monoisotopic (exact) mass is 292 g/mol. The Labute approximate surface area is 130 Å². The van der Waals surface area contributed by atoms with Crippen LogP contribution in [0.2, 0.25) is 0 Å². The molecule has 0 bridgehead atoms. The van der Waals surface area contributed by atoms with Crippen molar-refractivity contribution in [2.45, 2.75) is 30.5 Å². The lowest BCUT2D eigenvalue weighted by Gasteiger charge is -2.50. The standard InChI is InChI=1S/C19H20N2O/c1-2-14-15-8-10-21-17(11-19(14,15)21)18(22)13-7-9-20-16-6-4-3-5-12(13)16/h2-7,9,14-15,17-18,22H,1,8,10-11H2/t14?,15?,17?,18-,19?/m0/s1. The minimum atomic E-state index is -0.427. The van der Waals surface area contributed by atoms with Gasteiger partial charge in [-0.3, -0.25) is 9.88 Å². The van der Waals surface area contributed by atoms with Crippen molar-refractivity contribution in [1.82, 2.24) is 9.88 Å². The highest BCUT2D eigenvalue weighted by molar-refractivity contribution is 5.82. The average Bonchev–Trinajstić information content (AvgIpc) is 3.12. The van der Waals surface area contributed by atoms with Gasteiger partial charge in [-0.05, 0) is 48.9 Å². The van der Waals surface area contributed by atoms with Crippen molar-refractivity contribution in [3.05, 3.63) is 54.7 Å². The highest BCUT2D eigenvalue weighted by Crippen LogP contribution is 2.71. The van der Waals surface area contributed by atoms with Gasteiger partial charge in [0.05, 0.1) is 11.6 Å². The molecule has 3 aliphatic rings. The molecular formula is C19H20N2O. The second-order valence-electron chi connectivity index (χ2n) is 6.97. The maximum atomic E-state index is 11.0. The van der Waals surface area contributed by atoms with Crippen LogP contribution in [0.15, 0.2) is 49.2 Å². The number of rotatable bonds is 3. The van der Waals surface area contributed by atoms with E-state index in [9.17, 15) is 5.11 Å². The molecule has 1 spiro atoms. The van der Waals surface area contributed by atoms with Gasteiger partial charge in [0.1, 0.15) is 0 Å². The fourth-order valence-corrected chi connectivity index (χ4v) is 5.30. The number of benzene rings is 1. The molecule has 3 nitrogen and oxygen atoms in total. The first-order valence-electron chi connectivity index (χ1n) is 8.18. The second kappa shape index (κ2) is 4.18. The van der Waals surface area contributed by atoms with Crippen molar-refractivity contribution >= 4 is 10.9 Å². The summed E-state index contributed by atoms with van der Waals surface area (Å²) in [6.45, 7) is 5.12. The molecule has 1 saturated carbocycles. The predicted octanol–water partition coefficient (Wildman–Crippen LogP) is 2.92. The van der Waals surface area contributed by atoms with Crippen LogP contribution in [0.25, 0.3) is 10.9 Å². The molecule has 4 unspecified atom stereocenters. The van der Waals surface area contributed by atoms with E-state index in [-0.39, 0.29) is 6.04 Å². The van der Waals surface area contributed by atoms with Gasteiger partial charge in [0.25, 0.3) is 0 Å². The Morgan fingerprint density at radius 2 is 2.23 bits per heavy atom. The first-order chi connectivity index (χ1) is 10.8. The van der Waals surface area contributed by atoms with Crippen LogP contribution in [0, 0.1) is 11.8 Å². The maximum Gasteiger partial charge on any atom is 0.0953 e. The number of piperidine rings is 1. The Bertz CT molecular complexity index is 768. The summed E-state index contributed by atoms with van der Waals surface area (Å²) < 4.78 is 0. The van der Waals surface area contributed by atoms with Crippen molar-refractivity contribution < 1.29 is 5.11 Å². The molecule has 3 heterocycles. The van der Waals surface area contributed by atoms with E-state index in [0.29, 0.717) is 11.5 Å². The minimum Gasteiger partial charge on any atom is -0.387 e. The Balaban J connectivity index is 1.48. The molecule has 1 aliphatic carbocycles. The van der Waals surface area contributed by atoms with Crippen LogP contribution < -0.4 is 0 Å². The third kappa shape index (κ3) is 1.37. The first kappa shape index (κ1) is 12.8. The predicted molar refractivity (Wildman–Crippen MR) is 86.3 cm³/mol. The molecular weight excluding hydrogens is 272 g/mol. The molecule has 2 saturated heterocycles. The Kier molecular flexibility index (Phi) is 2.43. The zero-order chi connectivity index (χ0) is 14.9. The summed E-state index contributed by atoms with van der Waals surface area (Å²) in [6, 6.07) is 10.3. The van der Waals surface area contributed by atoms with Crippen LogP contribution in [0.4, 0.5) is 0 Å². The highest BCUT2D eigenvalue weighted by atomic mass is 16.3. The van der Waals surface area contributed by atoms with Crippen molar-refractivity contribution in [2.24, 2.45) is 11.8 Å². The van der Waals surface area contributed by atoms with Crippen LogP contribution >= 0.6 is 0 Å². The third-order valence-corrected chi connectivity index (χ3v) is 6.32. The summed E-state index contributed by atoms with van der Waals surface area (Å²) in [5.74, 6) is 1.45. The smallest absolute Gasteiger partial charge is 0.0953 e. The summed E-state index contributed by atoms with van der Waals surface area (Å²) in [6.07, 6.45) is 5.87. The van der Waals surface area contributed by atoms with E-state index in [1.165, 1.54) is 6.42 Å². The van der Waals surface area contributed by atoms with Gasteiger partial charge in [-0.25, -0.2) is 0 Å². The molecule has 1 N–H and O–H groups in total. The molecule has 22 heavy (non-hydrogen) atoms. The zero-order valence-corrected chi connectivity index (χ0v) is 12.5. The van der Waals surface area contributed by atoms with Gasteiger partial charge >= 0.3 is 0 Å². The van der Waals surface area contributed by atoms with Crippen LogP contribution in [0.3, 0.4) is 0 Å². The molecule has 3 fully saturated rings. The summed E-state index contributed by atoms with van der Waals surface area (Å²) >= 11 is 0. The van der Waals surface area contributed by atoms with Crippen LogP contribution in [0.1, 0.15) is 24.5 Å². The summed E-state index contributed by atoms with van der Waals surface area (Å²) in [5.41, 5.74) is 2.34. The van der Waals surface area contributed by atoms with Crippen LogP contribution in [-0.4, -0.2) is 33.1 Å². The molecule has 2 aliphatic heterocycles. The van der Waals surface area contributed by atoms with Crippen molar-refractivity contribution in [3.8, 4) is 0 Å². The number of pyridine rings is 1. The fraction of sp³-hybridized carbons (Fsp3) is 0.421. The Hall–Kier alpha value is -1.71. The van der Waals surface area contributed by atoms with Gasteiger partial charge in [0, 0.05) is 23.2 Å². The molecule has 0 radical (unpaired) electrons. The first-order valence-corrected chi connectivity index (χ1v) is 8.18. The van der Waals surface area contributed by atoms with E-state index in [0.717, 1.165) is 35.3 Å². The largest absolute Gasteiger partial charge is 0.387 e. The van der Waals surface area contributed by atoms with Crippen molar-refractivity contribution in [3.63, 3.8) is 0 Å². The molecule has 112 valence electrons. The summed E-state index contributed by atoms with van der Waals surface area (Å²) in [4.78, 5) is 6.95. The highest BCUT2D eigenvalue weighted by Gasteiger charge is 2.76. The lowest BCUT2D eigenvalue weighted by Crippen LogP contribution is -2.59. The molecule has 1 aromatic carbocycles. The van der Waals surface area contributed by atoms with Crippen molar-refractivity contribution in [1.29, 1.82) is 0 Å². The van der Waals surface area contributed by atoms with E-state index in [4.69, 9.17) is 0 Å². The number of aliphatic hydroxyl groups excluding tert-OH is 1. The van der Waals surface area contributed by atoms with E-state index >= 15 is 0 Å². The van der Waals surface area contributed by atoms with Gasteiger partial charge in [-0.15, -0.1) is 6.58 Å². The molecule has 1 aromatic heterocycles. The van der Waals surface area contributed by atoms with Gasteiger partial charge in [0.15, 0.2) is 0 Å². The SMILES string of the molecule is C=CC1C2CCN3C([C@@H](O)c4ccnc5ccccc45)CC123. The number of para-hydroxylation sites is 1. The zero-order valence-electron chi connectivity index (χ0n) is 12.5. The molecule has 3 heteroatoms.